The van der Waals surface area contributed by atoms with E-state index < -0.39 is 0 Å². The van der Waals surface area contributed by atoms with Crippen molar-refractivity contribution >= 4 is 28.9 Å². The van der Waals surface area contributed by atoms with Gasteiger partial charge in [0, 0.05) is 22.9 Å². The molecule has 1 heterocycles. The van der Waals surface area contributed by atoms with E-state index in [1.54, 1.807) is 0 Å². The van der Waals surface area contributed by atoms with Crippen LogP contribution < -0.4 is 10.2 Å². The van der Waals surface area contributed by atoms with Crippen LogP contribution in [0.5, 0.6) is 0 Å². The number of anilines is 2. The van der Waals surface area contributed by atoms with Crippen molar-refractivity contribution in [3.05, 3.63) is 58.6 Å². The van der Waals surface area contributed by atoms with E-state index in [1.807, 2.05) is 37.3 Å². The van der Waals surface area contributed by atoms with Crippen LogP contribution in [-0.2, 0) is 11.2 Å². The Hall–Kier alpha value is -2.00. The third-order valence-corrected chi connectivity index (χ3v) is 4.27. The van der Waals surface area contributed by atoms with Gasteiger partial charge < -0.3 is 10.2 Å². The third kappa shape index (κ3) is 2.88. The van der Waals surface area contributed by atoms with Crippen molar-refractivity contribution in [3.63, 3.8) is 0 Å². The van der Waals surface area contributed by atoms with Gasteiger partial charge in [-0.25, -0.2) is 0 Å². The van der Waals surface area contributed by atoms with Gasteiger partial charge in [0.15, 0.2) is 0 Å². The largest absolute Gasteiger partial charge is 0.362 e. The van der Waals surface area contributed by atoms with Crippen LogP contribution in [0.3, 0.4) is 0 Å². The van der Waals surface area contributed by atoms with Crippen LogP contribution in [0.1, 0.15) is 11.1 Å². The molecule has 0 saturated carbocycles. The number of amides is 1. The molecule has 0 saturated heterocycles. The second-order valence-electron chi connectivity index (χ2n) is 5.26. The number of hydrogen-bond acceptors (Lipinski definition) is 2. The van der Waals surface area contributed by atoms with Gasteiger partial charge in [-0.3, -0.25) is 4.79 Å². The molecular formula is C17H17ClN2O. The minimum Gasteiger partial charge on any atom is -0.362 e. The monoisotopic (exact) mass is 300 g/mol. The van der Waals surface area contributed by atoms with Crippen LogP contribution in [0.2, 0.25) is 5.02 Å². The molecule has 1 aliphatic rings. The molecule has 4 heteroatoms. The van der Waals surface area contributed by atoms with Crippen LogP contribution in [0.15, 0.2) is 42.5 Å². The number of nitrogens with zero attached hydrogens (tertiary/aromatic N) is 1. The van der Waals surface area contributed by atoms with E-state index in [0.717, 1.165) is 29.9 Å². The van der Waals surface area contributed by atoms with Gasteiger partial charge in [-0.2, -0.15) is 0 Å². The SMILES string of the molecule is Cc1c(Cl)cccc1NC(=O)CN1CCc2ccccc21. The molecule has 0 radical (unpaired) electrons. The Morgan fingerprint density at radius 1 is 1.24 bits per heavy atom. The van der Waals surface area contributed by atoms with Gasteiger partial charge in [-0.05, 0) is 42.7 Å². The summed E-state index contributed by atoms with van der Waals surface area (Å²) in [4.78, 5) is 14.4. The predicted octanol–water partition coefficient (Wildman–Crippen LogP) is 3.65. The summed E-state index contributed by atoms with van der Waals surface area (Å²) in [6.45, 7) is 3.16. The zero-order chi connectivity index (χ0) is 14.8. The topological polar surface area (TPSA) is 32.3 Å². The summed E-state index contributed by atoms with van der Waals surface area (Å²) in [6.07, 6.45) is 1.000. The molecule has 0 fully saturated rings. The number of nitrogens with one attached hydrogen (secondary N) is 1. The normalized spacial score (nSPS) is 13.1. The first-order valence-electron chi connectivity index (χ1n) is 7.03. The maximum atomic E-state index is 12.2. The molecule has 3 rings (SSSR count). The van der Waals surface area contributed by atoms with E-state index in [2.05, 4.69) is 22.3 Å². The van der Waals surface area contributed by atoms with Crippen molar-refractivity contribution in [2.45, 2.75) is 13.3 Å². The van der Waals surface area contributed by atoms with E-state index in [0.29, 0.717) is 11.6 Å². The van der Waals surface area contributed by atoms with Crippen molar-refractivity contribution in [1.29, 1.82) is 0 Å². The Labute approximate surface area is 129 Å². The quantitative estimate of drug-likeness (QED) is 0.938. The minimum absolute atomic E-state index is 0.0166. The summed E-state index contributed by atoms with van der Waals surface area (Å²) in [7, 11) is 0. The first-order valence-corrected chi connectivity index (χ1v) is 7.41. The maximum Gasteiger partial charge on any atom is 0.243 e. The molecule has 21 heavy (non-hydrogen) atoms. The molecule has 1 amide bonds. The van der Waals surface area contributed by atoms with E-state index in [1.165, 1.54) is 5.56 Å². The van der Waals surface area contributed by atoms with Crippen LogP contribution in [0.4, 0.5) is 11.4 Å². The first kappa shape index (κ1) is 14.0. The van der Waals surface area contributed by atoms with Crippen molar-refractivity contribution in [2.75, 3.05) is 23.3 Å². The number of carbonyl (C=O) groups excluding carboxylic acids is 1. The Bertz CT molecular complexity index is 684. The summed E-state index contributed by atoms with van der Waals surface area (Å²) >= 11 is 6.07. The second-order valence-corrected chi connectivity index (χ2v) is 5.67. The van der Waals surface area contributed by atoms with Gasteiger partial charge in [-0.15, -0.1) is 0 Å². The molecule has 0 spiro atoms. The number of carbonyl (C=O) groups is 1. The molecule has 3 nitrogen and oxygen atoms in total. The van der Waals surface area contributed by atoms with Crippen molar-refractivity contribution in [1.82, 2.24) is 0 Å². The number of benzene rings is 2. The highest BCUT2D eigenvalue weighted by Crippen LogP contribution is 2.27. The lowest BCUT2D eigenvalue weighted by molar-refractivity contribution is -0.115. The Morgan fingerprint density at radius 2 is 2.05 bits per heavy atom. The third-order valence-electron chi connectivity index (χ3n) is 3.86. The van der Waals surface area contributed by atoms with E-state index in [-0.39, 0.29) is 5.91 Å². The Balaban J connectivity index is 1.69. The van der Waals surface area contributed by atoms with Crippen LogP contribution in [-0.4, -0.2) is 19.0 Å². The van der Waals surface area contributed by atoms with Crippen LogP contribution >= 0.6 is 11.6 Å². The van der Waals surface area contributed by atoms with Crippen molar-refractivity contribution in [2.24, 2.45) is 0 Å². The Morgan fingerprint density at radius 3 is 2.90 bits per heavy atom. The summed E-state index contributed by atoms with van der Waals surface area (Å²) < 4.78 is 0. The molecule has 0 aliphatic carbocycles. The molecule has 108 valence electrons. The van der Waals surface area contributed by atoms with Crippen molar-refractivity contribution < 1.29 is 4.79 Å². The average Bonchev–Trinajstić information content (AvgIpc) is 2.87. The van der Waals surface area contributed by atoms with Crippen molar-refractivity contribution in [3.8, 4) is 0 Å². The van der Waals surface area contributed by atoms with Gasteiger partial charge in [0.1, 0.15) is 0 Å². The Kier molecular flexibility index (Phi) is 3.84. The van der Waals surface area contributed by atoms with E-state index in [4.69, 9.17) is 11.6 Å². The predicted molar refractivity (Wildman–Crippen MR) is 87.2 cm³/mol. The van der Waals surface area contributed by atoms with Crippen LogP contribution in [0.25, 0.3) is 0 Å². The number of rotatable bonds is 3. The highest BCUT2D eigenvalue weighted by molar-refractivity contribution is 6.31. The van der Waals surface area contributed by atoms with E-state index >= 15 is 0 Å². The molecular weight excluding hydrogens is 284 g/mol. The molecule has 2 aromatic rings. The lowest BCUT2D eigenvalue weighted by Crippen LogP contribution is -2.32. The molecule has 1 N–H and O–H groups in total. The summed E-state index contributed by atoms with van der Waals surface area (Å²) in [5.41, 5.74) is 4.15. The fourth-order valence-corrected chi connectivity index (χ4v) is 2.85. The lowest BCUT2D eigenvalue weighted by Gasteiger charge is -2.19. The zero-order valence-electron chi connectivity index (χ0n) is 11.9. The fourth-order valence-electron chi connectivity index (χ4n) is 2.68. The summed E-state index contributed by atoms with van der Waals surface area (Å²) in [6, 6.07) is 13.8. The zero-order valence-corrected chi connectivity index (χ0v) is 12.7. The highest BCUT2D eigenvalue weighted by atomic mass is 35.5. The second kappa shape index (κ2) is 5.78. The molecule has 2 aromatic carbocycles. The number of para-hydroxylation sites is 1. The van der Waals surface area contributed by atoms with Crippen LogP contribution in [0, 0.1) is 6.92 Å². The van der Waals surface area contributed by atoms with Gasteiger partial charge >= 0.3 is 0 Å². The van der Waals surface area contributed by atoms with E-state index in [9.17, 15) is 4.79 Å². The smallest absolute Gasteiger partial charge is 0.243 e. The maximum absolute atomic E-state index is 12.2. The fraction of sp³-hybridized carbons (Fsp3) is 0.235. The van der Waals surface area contributed by atoms with Gasteiger partial charge in [0.2, 0.25) is 5.91 Å². The number of fused-ring (bicyclic) bond motifs is 1. The lowest BCUT2D eigenvalue weighted by atomic mass is 10.2. The van der Waals surface area contributed by atoms with Gasteiger partial charge in [-0.1, -0.05) is 35.9 Å². The minimum atomic E-state index is -0.0166. The highest BCUT2D eigenvalue weighted by Gasteiger charge is 2.20. The van der Waals surface area contributed by atoms with Gasteiger partial charge in [0.25, 0.3) is 0 Å². The summed E-state index contributed by atoms with van der Waals surface area (Å²) in [5, 5.41) is 3.61. The summed E-state index contributed by atoms with van der Waals surface area (Å²) in [5.74, 6) is -0.0166. The standard InChI is InChI=1S/C17H17ClN2O/c1-12-14(18)6-4-7-15(12)19-17(21)11-20-10-9-13-5-2-3-8-16(13)20/h2-8H,9-11H2,1H3,(H,19,21). The molecule has 1 aliphatic heterocycles. The van der Waals surface area contributed by atoms with Gasteiger partial charge in [0.05, 0.1) is 6.54 Å². The number of halogens is 1. The average molecular weight is 301 g/mol. The molecule has 0 aromatic heterocycles. The molecule has 0 atom stereocenters. The molecule has 0 bridgehead atoms. The number of hydrogen-bond donors (Lipinski definition) is 1. The molecule has 0 unspecified atom stereocenters. The first-order chi connectivity index (χ1) is 10.1.